The van der Waals surface area contributed by atoms with Crippen LogP contribution in [0.25, 0.3) is 27.5 Å². The van der Waals surface area contributed by atoms with Crippen LogP contribution in [0.15, 0.2) is 121 Å². The molecule has 0 aliphatic rings. The van der Waals surface area contributed by atoms with Crippen LogP contribution in [0, 0.1) is 27.7 Å². The molecule has 46 heavy (non-hydrogen) atoms. The molecule has 4 aromatic rings. The molecule has 0 bridgehead atoms. The molecule has 0 spiro atoms. The lowest BCUT2D eigenvalue weighted by Crippen LogP contribution is -1.96. The van der Waals surface area contributed by atoms with Crippen LogP contribution in [0.5, 0.6) is 0 Å². The minimum Gasteiger partial charge on any atom is -0.384 e. The smallest absolute Gasteiger partial charge is 0.125 e. The summed E-state index contributed by atoms with van der Waals surface area (Å²) in [7, 11) is 0. The quantitative estimate of drug-likeness (QED) is 0.139. The number of aliphatic imine (C=N–C) groups is 1. The van der Waals surface area contributed by atoms with Gasteiger partial charge in [-0.3, -0.25) is 4.99 Å². The van der Waals surface area contributed by atoms with Crippen LogP contribution < -0.4 is 11.1 Å². The molecule has 0 fully saturated rings. The first kappa shape index (κ1) is 33.6. The predicted octanol–water partition coefficient (Wildman–Crippen LogP) is 10.4. The molecule has 0 amide bonds. The predicted molar refractivity (Wildman–Crippen MR) is 200 cm³/mol. The number of anilines is 2. The lowest BCUT2D eigenvalue weighted by atomic mass is 9.90. The van der Waals surface area contributed by atoms with Crippen LogP contribution in [0.3, 0.4) is 0 Å². The fourth-order valence-electron chi connectivity index (χ4n) is 5.49. The van der Waals surface area contributed by atoms with Crippen molar-refractivity contribution in [1.29, 1.82) is 0 Å². The molecule has 1 heterocycles. The molecule has 5 nitrogen and oxygen atoms in total. The third-order valence-electron chi connectivity index (χ3n) is 8.33. The molecule has 3 aromatic carbocycles. The van der Waals surface area contributed by atoms with Crippen LogP contribution in [-0.4, -0.2) is 16.2 Å². The maximum Gasteiger partial charge on any atom is 0.125 e. The Balaban J connectivity index is 1.48. The molecule has 4 rings (SSSR count). The van der Waals surface area contributed by atoms with E-state index in [4.69, 9.17) is 5.73 Å². The fraction of sp³-hybridized carbons (Fsp3) is 0.195. The largest absolute Gasteiger partial charge is 0.384 e. The summed E-state index contributed by atoms with van der Waals surface area (Å²) < 4.78 is 0. The number of benzene rings is 3. The van der Waals surface area contributed by atoms with Gasteiger partial charge >= 0.3 is 0 Å². The van der Waals surface area contributed by atoms with E-state index in [1.54, 1.807) is 6.20 Å². The molecule has 1 aromatic heterocycles. The van der Waals surface area contributed by atoms with Crippen LogP contribution in [0.4, 0.5) is 11.5 Å². The van der Waals surface area contributed by atoms with Gasteiger partial charge < -0.3 is 11.1 Å². The van der Waals surface area contributed by atoms with Gasteiger partial charge in [-0.05, 0) is 133 Å². The zero-order valence-corrected chi connectivity index (χ0v) is 28.0. The van der Waals surface area contributed by atoms with E-state index in [2.05, 4.69) is 123 Å². The average molecular weight is 608 g/mol. The minimum atomic E-state index is 0.407. The number of hydrogen-bond acceptors (Lipinski definition) is 5. The summed E-state index contributed by atoms with van der Waals surface area (Å²) >= 11 is 0. The zero-order chi connectivity index (χ0) is 33.2. The van der Waals surface area contributed by atoms with E-state index in [0.29, 0.717) is 5.82 Å². The molecule has 234 valence electrons. The first-order valence-electron chi connectivity index (χ1n) is 15.6. The molecule has 0 aliphatic heterocycles. The van der Waals surface area contributed by atoms with Crippen LogP contribution in [-0.2, 0) is 6.42 Å². The first-order valence-corrected chi connectivity index (χ1v) is 15.6. The average Bonchev–Trinajstić information content (AvgIpc) is 3.04. The standard InChI is InChI=1S/C41H45N5/c1-9-34(25-43-10-2)31(7)41-27(3)14-16-36-23-33(15-21-39(36)41)13-11-12-29(5)46-38-19-17-35(18-20-38)37-22-28(4)30(6)32(8)44-26-45-40(42)24-37/h10-12,14-26,46H,2,5,9,13H2,1,3-4,6-8H3,(H2,42,44,45)/b12-11+,34-31+,43-25?. The summed E-state index contributed by atoms with van der Waals surface area (Å²) in [6.45, 7) is 20.6. The van der Waals surface area contributed by atoms with Crippen molar-refractivity contribution < 1.29 is 0 Å². The van der Waals surface area contributed by atoms with Gasteiger partial charge in [0.15, 0.2) is 0 Å². The van der Waals surface area contributed by atoms with E-state index in [-0.39, 0.29) is 0 Å². The monoisotopic (exact) mass is 607 g/mol. The Morgan fingerprint density at radius 1 is 0.913 bits per heavy atom. The maximum atomic E-state index is 6.14. The third-order valence-corrected chi connectivity index (χ3v) is 8.33. The number of nitrogens with one attached hydrogen (secondary N) is 1. The van der Waals surface area contributed by atoms with Gasteiger partial charge in [0, 0.05) is 29.5 Å². The highest BCUT2D eigenvalue weighted by molar-refractivity contribution is 6.00. The second kappa shape index (κ2) is 15.6. The molecule has 0 saturated carbocycles. The van der Waals surface area contributed by atoms with E-state index in [9.17, 15) is 0 Å². The van der Waals surface area contributed by atoms with E-state index in [1.165, 1.54) is 44.9 Å². The summed E-state index contributed by atoms with van der Waals surface area (Å²) in [5.74, 6) is 0.407. The van der Waals surface area contributed by atoms with Crippen molar-refractivity contribution in [2.24, 2.45) is 4.99 Å². The number of aryl methyl sites for hydroxylation is 3. The second-order valence-electron chi connectivity index (χ2n) is 11.5. The van der Waals surface area contributed by atoms with Crippen molar-refractivity contribution >= 4 is 34.1 Å². The zero-order valence-electron chi connectivity index (χ0n) is 28.0. The number of rotatable bonds is 10. The summed E-state index contributed by atoms with van der Waals surface area (Å²) in [5, 5.41) is 5.90. The Kier molecular flexibility index (Phi) is 11.4. The Labute approximate surface area is 274 Å². The topological polar surface area (TPSA) is 76.2 Å². The molecular weight excluding hydrogens is 562 g/mol. The molecule has 0 aliphatic carbocycles. The van der Waals surface area contributed by atoms with E-state index in [0.717, 1.165) is 52.2 Å². The number of aromatic nitrogens is 2. The Morgan fingerprint density at radius 2 is 1.67 bits per heavy atom. The van der Waals surface area contributed by atoms with Crippen LogP contribution in [0.2, 0.25) is 0 Å². The second-order valence-corrected chi connectivity index (χ2v) is 11.5. The van der Waals surface area contributed by atoms with Gasteiger partial charge in [-0.1, -0.05) is 74.7 Å². The number of nitrogens with two attached hydrogens (primary N) is 1. The molecule has 5 heteroatoms. The minimum absolute atomic E-state index is 0.407. The normalized spacial score (nSPS) is 11.9. The van der Waals surface area contributed by atoms with Gasteiger partial charge in [-0.2, -0.15) is 0 Å². The summed E-state index contributed by atoms with van der Waals surface area (Å²) in [6, 6.07) is 23.4. The Bertz CT molecular complexity index is 1910. The third kappa shape index (κ3) is 8.45. The highest BCUT2D eigenvalue weighted by Gasteiger charge is 2.10. The molecule has 3 N–H and O–H groups in total. The molecule has 0 unspecified atom stereocenters. The van der Waals surface area contributed by atoms with Crippen molar-refractivity contribution in [2.75, 3.05) is 11.1 Å². The van der Waals surface area contributed by atoms with Gasteiger partial charge in [0.2, 0.25) is 0 Å². The Morgan fingerprint density at radius 3 is 2.39 bits per heavy atom. The first-order chi connectivity index (χ1) is 22.1. The summed E-state index contributed by atoms with van der Waals surface area (Å²) in [6.07, 6.45) is 10.9. The highest BCUT2D eigenvalue weighted by Crippen LogP contribution is 2.32. The van der Waals surface area contributed by atoms with Crippen LogP contribution in [0.1, 0.15) is 53.8 Å². The number of fused-ring (bicyclic) bond motifs is 1. The van der Waals surface area contributed by atoms with Crippen molar-refractivity contribution in [3.63, 3.8) is 0 Å². The lowest BCUT2D eigenvalue weighted by Gasteiger charge is -2.14. The molecular formula is C41H45N5. The lowest BCUT2D eigenvalue weighted by molar-refractivity contribution is 1.10. The molecule has 0 saturated heterocycles. The van der Waals surface area contributed by atoms with Gasteiger partial charge in [-0.25, -0.2) is 9.97 Å². The number of nitrogen functional groups attached to an aromatic ring is 1. The van der Waals surface area contributed by atoms with Gasteiger partial charge in [0.05, 0.1) is 0 Å². The number of allylic oxidation sites excluding steroid dienone is 4. The highest BCUT2D eigenvalue weighted by atomic mass is 14.9. The number of nitrogens with zero attached hydrogens (tertiary/aromatic N) is 3. The van der Waals surface area contributed by atoms with E-state index >= 15 is 0 Å². The van der Waals surface area contributed by atoms with Crippen molar-refractivity contribution in [3.8, 4) is 11.1 Å². The molecule has 0 radical (unpaired) electrons. The number of hydrogen-bond donors (Lipinski definition) is 2. The van der Waals surface area contributed by atoms with Gasteiger partial charge in [0.1, 0.15) is 12.1 Å². The van der Waals surface area contributed by atoms with Crippen molar-refractivity contribution in [3.05, 3.63) is 149 Å². The van der Waals surface area contributed by atoms with Crippen molar-refractivity contribution in [1.82, 2.24) is 9.97 Å². The SMILES string of the molecule is C=CN=C/C(CC)=C(\C)c1c(C)ccc2cc(C/C=C/C(=C)Nc3ccc(-c4cc(N)ncnc(C)c(C)c(C)c4)cc3)ccc12. The maximum absolute atomic E-state index is 6.14. The van der Waals surface area contributed by atoms with Gasteiger partial charge in [0.25, 0.3) is 0 Å². The van der Waals surface area contributed by atoms with E-state index in [1.807, 2.05) is 37.4 Å². The summed E-state index contributed by atoms with van der Waals surface area (Å²) in [5.41, 5.74) is 19.4. The summed E-state index contributed by atoms with van der Waals surface area (Å²) in [4.78, 5) is 12.9. The van der Waals surface area contributed by atoms with Crippen molar-refractivity contribution in [2.45, 2.75) is 54.4 Å². The fourth-order valence-corrected chi connectivity index (χ4v) is 5.49. The molecule has 0 atom stereocenters. The van der Waals surface area contributed by atoms with E-state index < -0.39 is 0 Å². The van der Waals surface area contributed by atoms with Crippen LogP contribution >= 0.6 is 0 Å². The Hall–Kier alpha value is -5.29. The van der Waals surface area contributed by atoms with Gasteiger partial charge in [-0.15, -0.1) is 0 Å².